The van der Waals surface area contributed by atoms with Crippen molar-refractivity contribution in [2.24, 2.45) is 4.99 Å². The molecular weight excluding hydrogens is 448 g/mol. The van der Waals surface area contributed by atoms with E-state index in [1.54, 1.807) is 24.8 Å². The van der Waals surface area contributed by atoms with Gasteiger partial charge >= 0.3 is 6.01 Å². The van der Waals surface area contributed by atoms with Crippen molar-refractivity contribution in [3.05, 3.63) is 65.4 Å². The lowest BCUT2D eigenvalue weighted by molar-refractivity contribution is 0.324. The second kappa shape index (κ2) is 9.16. The zero-order chi connectivity index (χ0) is 23.7. The monoisotopic (exact) mass is 470 g/mol. The molecular formula is C26H23ClN6O. The summed E-state index contributed by atoms with van der Waals surface area (Å²) in [7, 11) is 3.81. The van der Waals surface area contributed by atoms with E-state index in [1.807, 2.05) is 55.4 Å². The van der Waals surface area contributed by atoms with Crippen molar-refractivity contribution in [1.82, 2.24) is 19.4 Å². The van der Waals surface area contributed by atoms with Gasteiger partial charge in [-0.2, -0.15) is 5.26 Å². The highest BCUT2D eigenvalue weighted by molar-refractivity contribution is 6.33. The molecule has 1 fully saturated rings. The Morgan fingerprint density at radius 2 is 1.97 bits per heavy atom. The molecule has 2 aromatic carbocycles. The zero-order valence-corrected chi connectivity index (χ0v) is 19.7. The van der Waals surface area contributed by atoms with Crippen LogP contribution in [0.15, 0.2) is 59.9 Å². The molecule has 0 radical (unpaired) electrons. The number of hydrogen-bond donors (Lipinski definition) is 0. The number of nitriles is 1. The van der Waals surface area contributed by atoms with Gasteiger partial charge in [-0.25, -0.2) is 15.0 Å². The predicted molar refractivity (Wildman–Crippen MR) is 134 cm³/mol. The molecule has 34 heavy (non-hydrogen) atoms. The fourth-order valence-corrected chi connectivity index (χ4v) is 4.38. The number of hydrogen-bond acceptors (Lipinski definition) is 5. The Balaban J connectivity index is 1.65. The van der Waals surface area contributed by atoms with Crippen molar-refractivity contribution in [3.8, 4) is 29.1 Å². The largest absolute Gasteiger partial charge is 0.424 e. The first-order chi connectivity index (χ1) is 16.5. The summed E-state index contributed by atoms with van der Waals surface area (Å²) >= 11 is 6.59. The van der Waals surface area contributed by atoms with Gasteiger partial charge in [-0.15, -0.1) is 0 Å². The number of nitrogens with zero attached hydrogens (tertiary/aromatic N) is 6. The van der Waals surface area contributed by atoms with E-state index in [2.05, 4.69) is 25.6 Å². The summed E-state index contributed by atoms with van der Waals surface area (Å²) in [5, 5.41) is 11.6. The van der Waals surface area contributed by atoms with E-state index >= 15 is 0 Å². The first kappa shape index (κ1) is 21.9. The van der Waals surface area contributed by atoms with Crippen LogP contribution in [-0.4, -0.2) is 39.9 Å². The Bertz CT molecular complexity index is 1420. The predicted octanol–water partition coefficient (Wildman–Crippen LogP) is 6.36. The van der Waals surface area contributed by atoms with Crippen molar-refractivity contribution >= 4 is 34.5 Å². The standard InChI is InChI=1S/C26H23ClN6O/c1-32(2)16-31-23-10-7-17(13-22(23)27)25-21(15-28)20-9-8-19(34-26-29-11-4-12-30-26)14-24(20)33(25)18-5-3-6-18/h4,7-14,16,18H,3,5-6H2,1-2H3. The number of halogens is 1. The molecule has 8 heteroatoms. The topological polar surface area (TPSA) is 79.3 Å². The molecule has 0 saturated heterocycles. The van der Waals surface area contributed by atoms with E-state index in [9.17, 15) is 5.26 Å². The van der Waals surface area contributed by atoms with Gasteiger partial charge in [0, 0.05) is 49.5 Å². The average Bonchev–Trinajstić information content (AvgIpc) is 3.11. The summed E-state index contributed by atoms with van der Waals surface area (Å²) in [6, 6.07) is 16.3. The van der Waals surface area contributed by atoms with Gasteiger partial charge in [0.25, 0.3) is 0 Å². The molecule has 0 aliphatic heterocycles. The van der Waals surface area contributed by atoms with Crippen LogP contribution in [0.2, 0.25) is 5.02 Å². The van der Waals surface area contributed by atoms with Gasteiger partial charge in [-0.1, -0.05) is 17.7 Å². The molecule has 1 aliphatic carbocycles. The molecule has 0 atom stereocenters. The maximum absolute atomic E-state index is 10.2. The van der Waals surface area contributed by atoms with Crippen molar-refractivity contribution in [2.45, 2.75) is 25.3 Å². The lowest BCUT2D eigenvalue weighted by Gasteiger charge is -2.30. The van der Waals surface area contributed by atoms with E-state index < -0.39 is 0 Å². The maximum atomic E-state index is 10.2. The molecule has 0 N–H and O–H groups in total. The third kappa shape index (κ3) is 4.09. The van der Waals surface area contributed by atoms with E-state index in [4.69, 9.17) is 16.3 Å². The van der Waals surface area contributed by atoms with Gasteiger partial charge in [-0.05, 0) is 49.6 Å². The van der Waals surface area contributed by atoms with Crippen molar-refractivity contribution in [3.63, 3.8) is 0 Å². The Morgan fingerprint density at radius 1 is 1.18 bits per heavy atom. The van der Waals surface area contributed by atoms with Gasteiger partial charge in [0.05, 0.1) is 33.8 Å². The van der Waals surface area contributed by atoms with Crippen LogP contribution < -0.4 is 4.74 Å². The molecule has 5 rings (SSSR count). The van der Waals surface area contributed by atoms with Crippen LogP contribution in [0.4, 0.5) is 5.69 Å². The fraction of sp³-hybridized carbons (Fsp3) is 0.231. The second-order valence-electron chi connectivity index (χ2n) is 8.48. The molecule has 0 unspecified atom stereocenters. The molecule has 0 bridgehead atoms. The van der Waals surface area contributed by atoms with Crippen LogP contribution in [0.25, 0.3) is 22.2 Å². The van der Waals surface area contributed by atoms with Crippen molar-refractivity contribution in [2.75, 3.05) is 14.1 Å². The highest BCUT2D eigenvalue weighted by Gasteiger charge is 2.28. The Hall–Kier alpha value is -3.89. The average molecular weight is 471 g/mol. The first-order valence-corrected chi connectivity index (χ1v) is 11.5. The van der Waals surface area contributed by atoms with E-state index in [0.717, 1.165) is 35.0 Å². The summed E-state index contributed by atoms with van der Waals surface area (Å²) in [4.78, 5) is 14.6. The lowest BCUT2D eigenvalue weighted by Crippen LogP contribution is -2.17. The number of ether oxygens (including phenoxy) is 1. The normalized spacial score (nSPS) is 13.7. The number of rotatable bonds is 6. The first-order valence-electron chi connectivity index (χ1n) is 11.1. The lowest BCUT2D eigenvalue weighted by atomic mass is 9.92. The molecule has 7 nitrogen and oxygen atoms in total. The SMILES string of the molecule is CN(C)C=Nc1ccc(-c2c(C#N)c3ccc(Oc4ncccn4)cc3n2C2CCC2)cc1Cl. The number of benzene rings is 2. The molecule has 1 aliphatic rings. The number of aromatic nitrogens is 3. The van der Waals surface area contributed by atoms with Crippen LogP contribution in [0.3, 0.4) is 0 Å². The molecule has 2 heterocycles. The summed E-state index contributed by atoms with van der Waals surface area (Å²) in [6.45, 7) is 0. The Labute approximate surface area is 202 Å². The summed E-state index contributed by atoms with van der Waals surface area (Å²) in [6.07, 6.45) is 8.28. The van der Waals surface area contributed by atoms with Gasteiger partial charge in [0.15, 0.2) is 0 Å². The Morgan fingerprint density at radius 3 is 2.62 bits per heavy atom. The maximum Gasteiger partial charge on any atom is 0.321 e. The quantitative estimate of drug-likeness (QED) is 0.242. The van der Waals surface area contributed by atoms with Gasteiger partial charge < -0.3 is 14.2 Å². The molecule has 4 aromatic rings. The number of fused-ring (bicyclic) bond motifs is 1. The third-order valence-electron chi connectivity index (χ3n) is 5.93. The van der Waals surface area contributed by atoms with Gasteiger partial charge in [0.2, 0.25) is 0 Å². The number of aliphatic imine (C=N–C) groups is 1. The van der Waals surface area contributed by atoms with E-state index in [1.165, 1.54) is 6.42 Å². The Kier molecular flexibility index (Phi) is 5.91. The smallest absolute Gasteiger partial charge is 0.321 e. The van der Waals surface area contributed by atoms with Crippen LogP contribution in [-0.2, 0) is 0 Å². The van der Waals surface area contributed by atoms with Gasteiger partial charge in [-0.3, -0.25) is 0 Å². The highest BCUT2D eigenvalue weighted by atomic mass is 35.5. The van der Waals surface area contributed by atoms with Crippen LogP contribution >= 0.6 is 11.6 Å². The molecule has 0 amide bonds. The minimum Gasteiger partial charge on any atom is -0.424 e. The van der Waals surface area contributed by atoms with Crippen molar-refractivity contribution < 1.29 is 4.74 Å². The van der Waals surface area contributed by atoms with E-state index in [0.29, 0.717) is 28.1 Å². The summed E-state index contributed by atoms with van der Waals surface area (Å²) < 4.78 is 8.15. The van der Waals surface area contributed by atoms with E-state index in [-0.39, 0.29) is 6.01 Å². The summed E-state index contributed by atoms with van der Waals surface area (Å²) in [5.41, 5.74) is 4.03. The minimum absolute atomic E-state index is 0.282. The van der Waals surface area contributed by atoms with Crippen LogP contribution in [0, 0.1) is 11.3 Å². The summed E-state index contributed by atoms with van der Waals surface area (Å²) in [5.74, 6) is 0.624. The molecule has 1 saturated carbocycles. The highest BCUT2D eigenvalue weighted by Crippen LogP contribution is 2.44. The second-order valence-corrected chi connectivity index (χ2v) is 8.88. The van der Waals surface area contributed by atoms with Crippen LogP contribution in [0.1, 0.15) is 30.9 Å². The molecule has 0 spiro atoms. The van der Waals surface area contributed by atoms with Crippen LogP contribution in [0.5, 0.6) is 11.8 Å². The molecule has 2 aromatic heterocycles. The molecule has 170 valence electrons. The minimum atomic E-state index is 0.282. The van der Waals surface area contributed by atoms with Crippen molar-refractivity contribution in [1.29, 1.82) is 5.26 Å². The van der Waals surface area contributed by atoms with Gasteiger partial charge in [0.1, 0.15) is 11.8 Å². The fourth-order valence-electron chi connectivity index (χ4n) is 4.15. The third-order valence-corrected chi connectivity index (χ3v) is 6.23. The zero-order valence-electron chi connectivity index (χ0n) is 18.9.